The summed E-state index contributed by atoms with van der Waals surface area (Å²) >= 11 is 13.3. The molecule has 2 radical (unpaired) electrons. The summed E-state index contributed by atoms with van der Waals surface area (Å²) < 4.78 is 0. The van der Waals surface area contributed by atoms with E-state index in [1.54, 1.807) is 24.5 Å². The van der Waals surface area contributed by atoms with E-state index in [0.717, 1.165) is 12.8 Å². The summed E-state index contributed by atoms with van der Waals surface area (Å²) in [6.45, 7) is 7.02. The average molecular weight is 533 g/mol. The highest BCUT2D eigenvalue weighted by Crippen LogP contribution is 2.39. The van der Waals surface area contributed by atoms with Gasteiger partial charge in [0.25, 0.3) is 0 Å². The van der Waals surface area contributed by atoms with Gasteiger partial charge in [-0.2, -0.15) is 5.26 Å². The molecule has 2 aliphatic rings. The molecule has 8 nitrogen and oxygen atoms in total. The highest BCUT2D eigenvalue weighted by atomic mass is 35.5. The molecule has 3 heterocycles. The van der Waals surface area contributed by atoms with E-state index in [1.165, 1.54) is 0 Å². The summed E-state index contributed by atoms with van der Waals surface area (Å²) in [5, 5.41) is 20.1. The van der Waals surface area contributed by atoms with Crippen molar-refractivity contribution >= 4 is 53.3 Å². The molecule has 1 aliphatic heterocycles. The van der Waals surface area contributed by atoms with Crippen LogP contribution in [0.3, 0.4) is 0 Å². The minimum Gasteiger partial charge on any atom is -0.383 e. The van der Waals surface area contributed by atoms with Crippen molar-refractivity contribution in [2.24, 2.45) is 5.41 Å². The Bertz CT molecular complexity index is 1430. The Balaban J connectivity index is 1.61. The maximum atomic E-state index is 9.78. The van der Waals surface area contributed by atoms with Crippen LogP contribution in [0, 0.1) is 16.7 Å². The third kappa shape index (κ3) is 5.15. The van der Waals surface area contributed by atoms with Gasteiger partial charge in [-0.3, -0.25) is 9.99 Å². The van der Waals surface area contributed by atoms with Gasteiger partial charge in [0.2, 0.25) is 0 Å². The number of aromatic nitrogens is 2. The van der Waals surface area contributed by atoms with Crippen LogP contribution in [0.5, 0.6) is 0 Å². The van der Waals surface area contributed by atoms with Gasteiger partial charge in [-0.25, -0.2) is 4.98 Å². The standard InChI is InChI=1S/C26H27BCl2N8/c1-25(2,3)14-33-22-15(11-30)12-32-23-18(22)9-16(10-20(23)28)34-26(27,19-5-4-8-31-24(19)29)21-13-37(36-35-21)17-6-7-17/h4-5,8-10,12-13,17,34-36H,6-7,14H2,1-3H3,(H,32,33). The topological polar surface area (TPSA) is 101 Å². The van der Waals surface area contributed by atoms with Crippen molar-refractivity contribution in [1.82, 2.24) is 25.9 Å². The van der Waals surface area contributed by atoms with E-state index >= 15 is 0 Å². The maximum absolute atomic E-state index is 9.78. The molecule has 1 saturated carbocycles. The zero-order chi connectivity index (χ0) is 26.4. The Labute approximate surface area is 227 Å². The van der Waals surface area contributed by atoms with Gasteiger partial charge in [0.15, 0.2) is 0 Å². The predicted octanol–water partition coefficient (Wildman–Crippen LogP) is 5.03. The van der Waals surface area contributed by atoms with E-state index < -0.39 is 5.44 Å². The molecule has 1 unspecified atom stereocenters. The van der Waals surface area contributed by atoms with Gasteiger partial charge in [0.1, 0.15) is 19.1 Å². The molecule has 4 N–H and O–H groups in total. The first-order chi connectivity index (χ1) is 17.6. The molecule has 1 atom stereocenters. The molecule has 1 fully saturated rings. The number of nitriles is 1. The van der Waals surface area contributed by atoms with Crippen LogP contribution < -0.4 is 21.6 Å². The van der Waals surface area contributed by atoms with E-state index in [4.69, 9.17) is 31.0 Å². The Hall–Kier alpha value is -3.19. The Morgan fingerprint density at radius 1 is 1.24 bits per heavy atom. The normalized spacial score (nSPS) is 17.1. The molecule has 3 aromatic rings. The molecule has 2 aromatic heterocycles. The summed E-state index contributed by atoms with van der Waals surface area (Å²) in [5.74, 6) is 0. The fourth-order valence-electron chi connectivity index (χ4n) is 4.23. The maximum Gasteiger partial charge on any atom is 0.134 e. The number of hydrogen-bond donors (Lipinski definition) is 4. The molecule has 11 heteroatoms. The first kappa shape index (κ1) is 25.5. The zero-order valence-corrected chi connectivity index (χ0v) is 22.4. The van der Waals surface area contributed by atoms with Crippen molar-refractivity contribution in [2.45, 2.75) is 45.1 Å². The van der Waals surface area contributed by atoms with Crippen molar-refractivity contribution in [1.29, 1.82) is 5.26 Å². The predicted molar refractivity (Wildman–Crippen MR) is 149 cm³/mol. The van der Waals surface area contributed by atoms with E-state index in [-0.39, 0.29) is 10.6 Å². The fourth-order valence-corrected chi connectivity index (χ4v) is 4.76. The molecule has 1 aromatic carbocycles. The minimum atomic E-state index is -1.28. The number of pyridine rings is 2. The molecular formula is C26H27BCl2N8. The van der Waals surface area contributed by atoms with Gasteiger partial charge in [0.05, 0.1) is 32.9 Å². The Morgan fingerprint density at radius 2 is 2.03 bits per heavy atom. The number of benzene rings is 1. The first-order valence-corrected chi connectivity index (χ1v) is 12.8. The molecule has 0 amide bonds. The summed E-state index contributed by atoms with van der Waals surface area (Å²) in [6, 6.07) is 9.94. The van der Waals surface area contributed by atoms with E-state index in [9.17, 15) is 5.26 Å². The SMILES string of the molecule is [B]C(Nc1cc(Cl)c2ncc(C#N)c(NCC(C)(C)C)c2c1)(C1=CN(C2CC2)NN1)c1cccnc1Cl. The second-order valence-electron chi connectivity index (χ2n) is 10.6. The fraction of sp³-hybridized carbons (Fsp3) is 0.346. The Kier molecular flexibility index (Phi) is 6.61. The number of hydrogen-bond acceptors (Lipinski definition) is 8. The van der Waals surface area contributed by atoms with Crippen LogP contribution in [0.15, 0.2) is 48.6 Å². The van der Waals surface area contributed by atoms with Crippen LogP contribution in [0.2, 0.25) is 10.2 Å². The van der Waals surface area contributed by atoms with Gasteiger partial charge >= 0.3 is 0 Å². The van der Waals surface area contributed by atoms with Gasteiger partial charge in [0, 0.05) is 47.8 Å². The first-order valence-electron chi connectivity index (χ1n) is 12.1. The third-order valence-corrected chi connectivity index (χ3v) is 6.91. The molecule has 0 saturated heterocycles. The minimum absolute atomic E-state index is 0.00745. The lowest BCUT2D eigenvalue weighted by Crippen LogP contribution is -2.45. The van der Waals surface area contributed by atoms with Crippen LogP contribution in [0.25, 0.3) is 10.9 Å². The smallest absolute Gasteiger partial charge is 0.134 e. The van der Waals surface area contributed by atoms with E-state index in [1.807, 2.05) is 23.3 Å². The number of hydrazine groups is 2. The van der Waals surface area contributed by atoms with Gasteiger partial charge in [-0.15, -0.1) is 5.53 Å². The molecular weight excluding hydrogens is 506 g/mol. The van der Waals surface area contributed by atoms with Crippen LogP contribution >= 0.6 is 23.2 Å². The summed E-state index contributed by atoms with van der Waals surface area (Å²) in [4.78, 5) is 8.71. The van der Waals surface area contributed by atoms with Crippen LogP contribution in [0.1, 0.15) is 44.7 Å². The van der Waals surface area contributed by atoms with Crippen molar-refractivity contribution in [3.63, 3.8) is 0 Å². The molecule has 188 valence electrons. The number of nitrogens with one attached hydrogen (secondary N) is 4. The lowest BCUT2D eigenvalue weighted by Gasteiger charge is -2.34. The molecule has 0 spiro atoms. The Morgan fingerprint density at radius 3 is 2.70 bits per heavy atom. The molecule has 5 rings (SSSR count). The highest BCUT2D eigenvalue weighted by Gasteiger charge is 2.39. The van der Waals surface area contributed by atoms with Crippen LogP contribution in [-0.4, -0.2) is 35.4 Å². The van der Waals surface area contributed by atoms with Crippen molar-refractivity contribution < 1.29 is 0 Å². The lowest BCUT2D eigenvalue weighted by atomic mass is 9.70. The largest absolute Gasteiger partial charge is 0.383 e. The molecule has 37 heavy (non-hydrogen) atoms. The number of rotatable bonds is 7. The van der Waals surface area contributed by atoms with Crippen molar-refractivity contribution in [3.05, 3.63) is 69.9 Å². The lowest BCUT2D eigenvalue weighted by molar-refractivity contribution is 0.260. The number of fused-ring (bicyclic) bond motifs is 1. The third-order valence-electron chi connectivity index (χ3n) is 6.32. The molecule has 0 bridgehead atoms. The van der Waals surface area contributed by atoms with Crippen molar-refractivity contribution in [3.8, 4) is 6.07 Å². The number of nitrogens with zero attached hydrogens (tertiary/aromatic N) is 4. The second-order valence-corrected chi connectivity index (χ2v) is 11.4. The van der Waals surface area contributed by atoms with Crippen LogP contribution in [-0.2, 0) is 5.44 Å². The quantitative estimate of drug-likeness (QED) is 0.248. The van der Waals surface area contributed by atoms with Gasteiger partial charge in [-0.05, 0) is 36.5 Å². The highest BCUT2D eigenvalue weighted by molar-refractivity contribution is 6.36. The van der Waals surface area contributed by atoms with Crippen molar-refractivity contribution in [2.75, 3.05) is 17.2 Å². The average Bonchev–Trinajstić information content (AvgIpc) is 3.57. The van der Waals surface area contributed by atoms with E-state index in [2.05, 4.69) is 58.4 Å². The summed E-state index contributed by atoms with van der Waals surface area (Å²) in [5.41, 5.74) is 8.66. The van der Waals surface area contributed by atoms with Gasteiger partial charge < -0.3 is 16.1 Å². The molecule has 1 aliphatic carbocycles. The zero-order valence-electron chi connectivity index (χ0n) is 20.9. The summed E-state index contributed by atoms with van der Waals surface area (Å²) in [7, 11) is 7.08. The number of halogens is 2. The van der Waals surface area contributed by atoms with Gasteiger partial charge in [-0.1, -0.05) is 50.0 Å². The number of anilines is 2. The van der Waals surface area contributed by atoms with E-state index in [0.29, 0.717) is 56.7 Å². The second kappa shape index (κ2) is 9.60. The monoisotopic (exact) mass is 532 g/mol. The van der Waals surface area contributed by atoms with Crippen LogP contribution in [0.4, 0.5) is 11.4 Å². The summed E-state index contributed by atoms with van der Waals surface area (Å²) in [6.07, 6.45) is 7.32.